The van der Waals surface area contributed by atoms with E-state index in [1.165, 1.54) is 50.1 Å². The first kappa shape index (κ1) is 23.9. The van der Waals surface area contributed by atoms with Crippen LogP contribution in [0, 0.1) is 0 Å². The van der Waals surface area contributed by atoms with Gasteiger partial charge in [-0.1, -0.05) is 6.07 Å². The summed E-state index contributed by atoms with van der Waals surface area (Å²) in [5, 5.41) is 12.8. The van der Waals surface area contributed by atoms with Crippen molar-refractivity contribution < 1.29 is 38.4 Å². The van der Waals surface area contributed by atoms with Crippen molar-refractivity contribution in [1.82, 2.24) is 19.5 Å². The molecule has 0 saturated carbocycles. The average Bonchev–Trinajstić information content (AvgIpc) is 3.34. The van der Waals surface area contributed by atoms with Crippen molar-refractivity contribution in [2.45, 2.75) is 45.3 Å². The van der Waals surface area contributed by atoms with Crippen molar-refractivity contribution in [3.8, 4) is 5.75 Å². The number of esters is 3. The Morgan fingerprint density at radius 3 is 2.49 bits per heavy atom. The second-order valence-corrected chi connectivity index (χ2v) is 7.74. The zero-order valence-electron chi connectivity index (χ0n) is 19.1. The largest absolute Gasteiger partial charge is 0.508 e. The van der Waals surface area contributed by atoms with E-state index in [9.17, 15) is 19.5 Å². The number of ether oxygens (including phenoxy) is 4. The van der Waals surface area contributed by atoms with Gasteiger partial charge >= 0.3 is 17.9 Å². The zero-order valence-corrected chi connectivity index (χ0v) is 19.1. The molecule has 1 saturated heterocycles. The maximum absolute atomic E-state index is 11.9. The summed E-state index contributed by atoms with van der Waals surface area (Å²) in [5.41, 5.74) is 1.28. The summed E-state index contributed by atoms with van der Waals surface area (Å²) in [6, 6.07) is 6.47. The lowest BCUT2D eigenvalue weighted by Crippen LogP contribution is -2.40. The molecule has 4 rings (SSSR count). The van der Waals surface area contributed by atoms with E-state index in [-0.39, 0.29) is 12.4 Å². The second-order valence-electron chi connectivity index (χ2n) is 7.74. The lowest BCUT2D eigenvalue weighted by molar-refractivity contribution is -0.166. The lowest BCUT2D eigenvalue weighted by Gasteiger charge is -2.23. The summed E-state index contributed by atoms with van der Waals surface area (Å²) in [6.45, 7) is 3.43. The zero-order chi connectivity index (χ0) is 25.1. The molecule has 3 aromatic rings. The number of aromatic hydroxyl groups is 1. The number of aromatic nitrogens is 4. The molecule has 1 aliphatic heterocycles. The van der Waals surface area contributed by atoms with E-state index < -0.39 is 42.4 Å². The first-order chi connectivity index (χ1) is 16.7. The maximum atomic E-state index is 11.9. The molecule has 1 aliphatic rings. The van der Waals surface area contributed by atoms with Gasteiger partial charge in [0.05, 0.1) is 6.33 Å². The minimum atomic E-state index is -1.08. The Balaban J connectivity index is 1.71. The van der Waals surface area contributed by atoms with Gasteiger partial charge in [-0.3, -0.25) is 19.0 Å². The normalized spacial score (nSPS) is 21.5. The van der Waals surface area contributed by atoms with Crippen LogP contribution >= 0.6 is 0 Å². The fraction of sp³-hybridized carbons (Fsp3) is 0.364. The van der Waals surface area contributed by atoms with Gasteiger partial charge in [0.1, 0.15) is 24.8 Å². The van der Waals surface area contributed by atoms with Crippen molar-refractivity contribution in [2.75, 3.05) is 11.9 Å². The highest BCUT2D eigenvalue weighted by atomic mass is 16.7. The monoisotopic (exact) mass is 485 g/mol. The Morgan fingerprint density at radius 2 is 1.80 bits per heavy atom. The molecule has 0 aliphatic carbocycles. The van der Waals surface area contributed by atoms with E-state index in [0.29, 0.717) is 22.7 Å². The van der Waals surface area contributed by atoms with Gasteiger partial charge in [-0.15, -0.1) is 0 Å². The number of phenols is 1. The van der Waals surface area contributed by atoms with Gasteiger partial charge in [0, 0.05) is 32.5 Å². The number of anilines is 2. The molecule has 1 fully saturated rings. The van der Waals surface area contributed by atoms with Crippen molar-refractivity contribution in [3.63, 3.8) is 0 Å². The number of imidazole rings is 1. The first-order valence-corrected chi connectivity index (χ1v) is 10.6. The second kappa shape index (κ2) is 9.93. The van der Waals surface area contributed by atoms with Crippen LogP contribution in [-0.4, -0.2) is 67.5 Å². The van der Waals surface area contributed by atoms with Gasteiger partial charge in [-0.05, 0) is 12.1 Å². The van der Waals surface area contributed by atoms with Crippen LogP contribution in [0.15, 0.2) is 36.9 Å². The fourth-order valence-corrected chi connectivity index (χ4v) is 3.77. The molecule has 0 amide bonds. The highest BCUT2D eigenvalue weighted by Gasteiger charge is 2.51. The number of nitrogens with one attached hydrogen (secondary N) is 1. The third-order valence-electron chi connectivity index (χ3n) is 5.08. The number of carbonyl (C=O) groups excluding carboxylic acids is 3. The number of carbonyl (C=O) groups is 3. The van der Waals surface area contributed by atoms with Gasteiger partial charge in [-0.25, -0.2) is 15.0 Å². The van der Waals surface area contributed by atoms with Crippen molar-refractivity contribution in [3.05, 3.63) is 36.9 Å². The average molecular weight is 485 g/mol. The van der Waals surface area contributed by atoms with E-state index in [4.69, 9.17) is 18.9 Å². The Morgan fingerprint density at radius 1 is 1.06 bits per heavy atom. The van der Waals surface area contributed by atoms with Crippen LogP contribution in [0.5, 0.6) is 5.75 Å². The number of phenolic OH excluding ortho intramolecular Hbond substituents is 1. The number of benzene rings is 1. The number of fused-ring (bicyclic) bond motifs is 1. The van der Waals surface area contributed by atoms with E-state index in [1.54, 1.807) is 12.1 Å². The van der Waals surface area contributed by atoms with E-state index >= 15 is 0 Å². The topological polar surface area (TPSA) is 164 Å². The Labute approximate surface area is 199 Å². The minimum absolute atomic E-state index is 0.0738. The van der Waals surface area contributed by atoms with Gasteiger partial charge in [0.25, 0.3) is 0 Å². The van der Waals surface area contributed by atoms with Crippen LogP contribution in [0.1, 0.15) is 27.0 Å². The van der Waals surface area contributed by atoms with Gasteiger partial charge < -0.3 is 29.4 Å². The predicted octanol–water partition coefficient (Wildman–Crippen LogP) is 1.60. The van der Waals surface area contributed by atoms with Crippen LogP contribution in [0.2, 0.25) is 0 Å². The van der Waals surface area contributed by atoms with Gasteiger partial charge in [0.2, 0.25) is 0 Å². The summed E-state index contributed by atoms with van der Waals surface area (Å²) in [7, 11) is 0. The van der Waals surface area contributed by atoms with Crippen LogP contribution in [0.25, 0.3) is 11.2 Å². The smallest absolute Gasteiger partial charge is 0.303 e. The number of rotatable bonds is 7. The SMILES string of the molecule is CC(=O)OC[C@H]1O[C@@H](n2cnc3c(Nc4cccc(O)c4)ncnc32)[C@H](OC(C)=O)[C@@H]1OC(C)=O. The molecular formula is C22H23N5O8. The Kier molecular flexibility index (Phi) is 6.78. The number of hydrogen-bond donors (Lipinski definition) is 2. The van der Waals surface area contributed by atoms with Crippen molar-refractivity contribution in [2.24, 2.45) is 0 Å². The van der Waals surface area contributed by atoms with Crippen LogP contribution in [0.4, 0.5) is 11.5 Å². The summed E-state index contributed by atoms with van der Waals surface area (Å²) in [4.78, 5) is 47.9. The number of nitrogens with zero attached hydrogens (tertiary/aromatic N) is 4. The molecule has 13 nitrogen and oxygen atoms in total. The quantitative estimate of drug-likeness (QED) is 0.367. The third kappa shape index (κ3) is 5.30. The van der Waals surface area contributed by atoms with E-state index in [0.717, 1.165) is 0 Å². The summed E-state index contributed by atoms with van der Waals surface area (Å²) in [6.07, 6.45) is -1.32. The first-order valence-electron chi connectivity index (χ1n) is 10.6. The Hall–Kier alpha value is -4.26. The molecule has 0 unspecified atom stereocenters. The molecule has 0 spiro atoms. The van der Waals surface area contributed by atoms with E-state index in [1.807, 2.05) is 0 Å². The molecule has 184 valence electrons. The highest BCUT2D eigenvalue weighted by Crippen LogP contribution is 2.36. The lowest BCUT2D eigenvalue weighted by atomic mass is 10.1. The van der Waals surface area contributed by atoms with Crippen molar-refractivity contribution in [1.29, 1.82) is 0 Å². The standard InChI is InChI=1S/C22H23N5O8/c1-11(28)32-8-16-18(33-12(2)29)19(34-13(3)30)22(35-16)27-10-25-17-20(23-9-24-21(17)27)26-14-5-4-6-15(31)7-14/h4-7,9-10,16,18-19,22,31H,8H2,1-3H3,(H,23,24,26)/t16-,18-,19-,22-/m1/s1. The molecule has 0 radical (unpaired) electrons. The molecule has 4 atom stereocenters. The molecule has 2 aromatic heterocycles. The van der Waals surface area contributed by atoms with Crippen molar-refractivity contribution >= 4 is 40.6 Å². The van der Waals surface area contributed by atoms with Gasteiger partial charge in [-0.2, -0.15) is 0 Å². The van der Waals surface area contributed by atoms with Crippen LogP contribution in [0.3, 0.4) is 0 Å². The summed E-state index contributed by atoms with van der Waals surface area (Å²) < 4.78 is 23.5. The summed E-state index contributed by atoms with van der Waals surface area (Å²) in [5.74, 6) is -1.37. The molecule has 3 heterocycles. The van der Waals surface area contributed by atoms with E-state index in [2.05, 4.69) is 20.3 Å². The van der Waals surface area contributed by atoms with Gasteiger partial charge in [0.15, 0.2) is 35.4 Å². The van der Waals surface area contributed by atoms with Crippen LogP contribution < -0.4 is 5.32 Å². The third-order valence-corrected chi connectivity index (χ3v) is 5.08. The molecule has 2 N–H and O–H groups in total. The minimum Gasteiger partial charge on any atom is -0.508 e. The molecule has 1 aromatic carbocycles. The molecule has 13 heteroatoms. The molecular weight excluding hydrogens is 462 g/mol. The predicted molar refractivity (Wildman–Crippen MR) is 118 cm³/mol. The fourth-order valence-electron chi connectivity index (χ4n) is 3.77. The summed E-state index contributed by atoms with van der Waals surface area (Å²) >= 11 is 0. The number of hydrogen-bond acceptors (Lipinski definition) is 12. The molecule has 35 heavy (non-hydrogen) atoms. The Bertz CT molecular complexity index is 1260. The molecule has 0 bridgehead atoms. The highest BCUT2D eigenvalue weighted by molar-refractivity contribution is 5.85. The van der Waals surface area contributed by atoms with Crippen LogP contribution in [-0.2, 0) is 33.3 Å². The maximum Gasteiger partial charge on any atom is 0.303 e.